The maximum absolute atomic E-state index is 12.4. The molecule has 0 aliphatic heterocycles. The molecule has 0 unspecified atom stereocenters. The van der Waals surface area contributed by atoms with Crippen LogP contribution < -0.4 is 20.7 Å². The first-order chi connectivity index (χ1) is 14.1. The Bertz CT molecular complexity index is 1040. The average molecular weight is 405 g/mol. The summed E-state index contributed by atoms with van der Waals surface area (Å²) in [6.07, 6.45) is 0. The quantitative estimate of drug-likeness (QED) is 0.558. The molecule has 3 rings (SSSR count). The van der Waals surface area contributed by atoms with Gasteiger partial charge in [-0.15, -0.1) is 0 Å². The number of carbonyl (C=O) groups is 2. The number of carbonyl (C=O) groups excluding carboxylic acids is 2. The fourth-order valence-electron chi connectivity index (χ4n) is 2.63. The van der Waals surface area contributed by atoms with Crippen molar-refractivity contribution in [3.63, 3.8) is 0 Å². The van der Waals surface area contributed by atoms with Crippen molar-refractivity contribution in [2.24, 2.45) is 0 Å². The number of amides is 2. The first-order valence-corrected chi connectivity index (χ1v) is 9.19. The van der Waals surface area contributed by atoms with Crippen LogP contribution in [0.25, 0.3) is 0 Å². The number of anilines is 2. The van der Waals surface area contributed by atoms with Gasteiger partial charge in [-0.1, -0.05) is 36.4 Å². The van der Waals surface area contributed by atoms with Gasteiger partial charge in [0.05, 0.1) is 12.7 Å². The number of rotatable bonds is 5. The Morgan fingerprint density at radius 3 is 2.24 bits per heavy atom. The molecule has 3 aromatic rings. The number of hydrogen-bond acceptors (Lipinski definition) is 4. The molecule has 7 heteroatoms. The number of hydrogen-bond donors (Lipinski definition) is 3. The van der Waals surface area contributed by atoms with Crippen molar-refractivity contribution < 1.29 is 14.3 Å². The van der Waals surface area contributed by atoms with Crippen LogP contribution in [0, 0.1) is 0 Å². The van der Waals surface area contributed by atoms with Gasteiger partial charge in [-0.05, 0) is 54.7 Å². The molecule has 3 aromatic carbocycles. The van der Waals surface area contributed by atoms with Crippen molar-refractivity contribution in [3.8, 4) is 5.75 Å². The van der Waals surface area contributed by atoms with Gasteiger partial charge in [-0.2, -0.15) is 0 Å². The lowest BCUT2D eigenvalue weighted by molar-refractivity contribution is 0.0973. The molecule has 0 aliphatic rings. The summed E-state index contributed by atoms with van der Waals surface area (Å²) in [5.41, 5.74) is 2.11. The third-order valence-corrected chi connectivity index (χ3v) is 4.20. The fourth-order valence-corrected chi connectivity index (χ4v) is 2.84. The molecule has 0 fully saturated rings. The summed E-state index contributed by atoms with van der Waals surface area (Å²) in [6.45, 7) is 0. The summed E-state index contributed by atoms with van der Waals surface area (Å²) in [6, 6.07) is 22.9. The van der Waals surface area contributed by atoms with E-state index < -0.39 is 5.91 Å². The summed E-state index contributed by atoms with van der Waals surface area (Å²) in [7, 11) is 1.49. The van der Waals surface area contributed by atoms with E-state index in [-0.39, 0.29) is 11.0 Å². The highest BCUT2D eigenvalue weighted by molar-refractivity contribution is 7.80. The van der Waals surface area contributed by atoms with Crippen LogP contribution in [0.3, 0.4) is 0 Å². The Hall–Kier alpha value is -3.71. The van der Waals surface area contributed by atoms with E-state index in [0.29, 0.717) is 28.3 Å². The number of methoxy groups -OCH3 is 1. The predicted molar refractivity (Wildman–Crippen MR) is 118 cm³/mol. The molecule has 0 spiro atoms. The van der Waals surface area contributed by atoms with Gasteiger partial charge in [0.25, 0.3) is 11.8 Å². The van der Waals surface area contributed by atoms with E-state index in [2.05, 4.69) is 16.0 Å². The minimum Gasteiger partial charge on any atom is -0.496 e. The second-order valence-electron chi connectivity index (χ2n) is 6.01. The molecule has 146 valence electrons. The van der Waals surface area contributed by atoms with Gasteiger partial charge in [-0.25, -0.2) is 0 Å². The van der Waals surface area contributed by atoms with Crippen molar-refractivity contribution in [3.05, 3.63) is 90.0 Å². The Balaban J connectivity index is 1.64. The Morgan fingerprint density at radius 2 is 1.48 bits per heavy atom. The van der Waals surface area contributed by atoms with Crippen LogP contribution in [0.1, 0.15) is 20.7 Å². The first kappa shape index (κ1) is 20.0. The molecular formula is C22H19N3O3S. The monoisotopic (exact) mass is 405 g/mol. The van der Waals surface area contributed by atoms with Gasteiger partial charge >= 0.3 is 0 Å². The second kappa shape index (κ2) is 9.48. The van der Waals surface area contributed by atoms with Crippen LogP contribution in [0.2, 0.25) is 0 Å². The molecule has 6 nitrogen and oxygen atoms in total. The van der Waals surface area contributed by atoms with Gasteiger partial charge in [0, 0.05) is 16.9 Å². The lowest BCUT2D eigenvalue weighted by Crippen LogP contribution is -2.34. The van der Waals surface area contributed by atoms with Crippen LogP contribution in [0.15, 0.2) is 78.9 Å². The third kappa shape index (κ3) is 5.40. The van der Waals surface area contributed by atoms with Crippen LogP contribution in [-0.4, -0.2) is 24.0 Å². The van der Waals surface area contributed by atoms with Crippen LogP contribution in [0.5, 0.6) is 5.75 Å². The molecule has 0 aliphatic carbocycles. The molecule has 3 N–H and O–H groups in total. The van der Waals surface area contributed by atoms with Crippen LogP contribution in [0.4, 0.5) is 11.4 Å². The van der Waals surface area contributed by atoms with Crippen LogP contribution in [-0.2, 0) is 0 Å². The zero-order chi connectivity index (χ0) is 20.6. The van der Waals surface area contributed by atoms with E-state index in [1.807, 2.05) is 30.3 Å². The molecule has 0 heterocycles. The molecule has 0 atom stereocenters. The normalized spacial score (nSPS) is 9.97. The smallest absolute Gasteiger partial charge is 0.261 e. The standard InChI is InChI=1S/C22H19N3O3S/c1-28-19-13-6-5-12-18(19)21(27)25-22(29)24-17-11-7-8-15(14-17)20(26)23-16-9-3-2-4-10-16/h2-14H,1H3,(H,23,26)(H2,24,25,27,29). The SMILES string of the molecule is COc1ccccc1C(=O)NC(=S)Nc1cccc(C(=O)Nc2ccccc2)c1. The Morgan fingerprint density at radius 1 is 0.793 bits per heavy atom. The van der Waals surface area contributed by atoms with Gasteiger partial charge in [-0.3, -0.25) is 14.9 Å². The van der Waals surface area contributed by atoms with Crippen molar-refractivity contribution in [2.75, 3.05) is 17.7 Å². The molecular weight excluding hydrogens is 386 g/mol. The van der Waals surface area contributed by atoms with E-state index >= 15 is 0 Å². The van der Waals surface area contributed by atoms with Crippen molar-refractivity contribution in [1.82, 2.24) is 5.32 Å². The lowest BCUT2D eigenvalue weighted by atomic mass is 10.2. The zero-order valence-corrected chi connectivity index (χ0v) is 16.5. The zero-order valence-electron chi connectivity index (χ0n) is 15.6. The number of para-hydroxylation sites is 2. The van der Waals surface area contributed by atoms with E-state index in [1.165, 1.54) is 7.11 Å². The van der Waals surface area contributed by atoms with E-state index in [4.69, 9.17) is 17.0 Å². The number of nitrogens with one attached hydrogen (secondary N) is 3. The largest absolute Gasteiger partial charge is 0.496 e. The molecule has 2 amide bonds. The summed E-state index contributed by atoms with van der Waals surface area (Å²) in [4.78, 5) is 24.9. The first-order valence-electron chi connectivity index (χ1n) is 8.78. The minimum atomic E-state index is -0.391. The van der Waals surface area contributed by atoms with Gasteiger partial charge < -0.3 is 15.4 Å². The van der Waals surface area contributed by atoms with E-state index in [0.717, 1.165) is 0 Å². The molecule has 0 radical (unpaired) electrons. The van der Waals surface area contributed by atoms with Gasteiger partial charge in [0.2, 0.25) is 0 Å². The highest BCUT2D eigenvalue weighted by Gasteiger charge is 2.13. The molecule has 29 heavy (non-hydrogen) atoms. The van der Waals surface area contributed by atoms with E-state index in [9.17, 15) is 9.59 Å². The maximum atomic E-state index is 12.4. The number of thiocarbonyl (C=S) groups is 1. The number of ether oxygens (including phenoxy) is 1. The lowest BCUT2D eigenvalue weighted by Gasteiger charge is -2.12. The average Bonchev–Trinajstić information content (AvgIpc) is 2.74. The highest BCUT2D eigenvalue weighted by Crippen LogP contribution is 2.17. The fraction of sp³-hybridized carbons (Fsp3) is 0.0455. The van der Waals surface area contributed by atoms with Gasteiger partial charge in [0.1, 0.15) is 5.75 Å². The predicted octanol–water partition coefficient (Wildman–Crippen LogP) is 4.07. The molecule has 0 saturated carbocycles. The van der Waals surface area contributed by atoms with Crippen molar-refractivity contribution in [2.45, 2.75) is 0 Å². The molecule has 0 bridgehead atoms. The topological polar surface area (TPSA) is 79.5 Å². The second-order valence-corrected chi connectivity index (χ2v) is 6.42. The third-order valence-electron chi connectivity index (χ3n) is 3.99. The highest BCUT2D eigenvalue weighted by atomic mass is 32.1. The van der Waals surface area contributed by atoms with E-state index in [1.54, 1.807) is 48.5 Å². The molecule has 0 saturated heterocycles. The van der Waals surface area contributed by atoms with Crippen molar-refractivity contribution >= 4 is 40.5 Å². The summed E-state index contributed by atoms with van der Waals surface area (Å²) in [5, 5.41) is 8.46. The Kier molecular flexibility index (Phi) is 6.55. The van der Waals surface area contributed by atoms with Gasteiger partial charge in [0.15, 0.2) is 5.11 Å². The number of benzene rings is 3. The summed E-state index contributed by atoms with van der Waals surface area (Å²) >= 11 is 5.22. The van der Waals surface area contributed by atoms with Crippen molar-refractivity contribution in [1.29, 1.82) is 0 Å². The summed E-state index contributed by atoms with van der Waals surface area (Å²) in [5.74, 6) is -0.186. The van der Waals surface area contributed by atoms with Crippen LogP contribution >= 0.6 is 12.2 Å². The molecule has 0 aromatic heterocycles. The minimum absolute atomic E-state index is 0.113. The summed E-state index contributed by atoms with van der Waals surface area (Å²) < 4.78 is 5.19. The maximum Gasteiger partial charge on any atom is 0.261 e. The Labute approximate surface area is 173 Å².